The Kier molecular flexibility index (Phi) is 7.70. The molecule has 1 aliphatic rings. The van der Waals surface area contributed by atoms with Gasteiger partial charge >= 0.3 is 29.2 Å². The summed E-state index contributed by atoms with van der Waals surface area (Å²) >= 11 is 6.01. The number of aliphatic hydroxyl groups excluding tert-OH is 1. The Labute approximate surface area is 171 Å². The van der Waals surface area contributed by atoms with Crippen LogP contribution in [-0.2, 0) is 31.6 Å². The summed E-state index contributed by atoms with van der Waals surface area (Å²) in [6, 6.07) is 0. The minimum Gasteiger partial charge on any atom is -0.389 e. The molecule has 172 valence electrons. The lowest BCUT2D eigenvalue weighted by Crippen LogP contribution is -2.36. The molecule has 2 rings (SSSR count). The second-order valence-electron chi connectivity index (χ2n) is 5.87. The Bertz CT molecular complexity index is 1050. The van der Waals surface area contributed by atoms with Crippen molar-refractivity contribution in [2.45, 2.75) is 30.7 Å². The zero-order valence-corrected chi connectivity index (χ0v) is 18.1. The largest absolute Gasteiger partial charge is 0.490 e. The molecule has 30 heavy (non-hydrogen) atoms. The molecule has 20 heteroatoms. The van der Waals surface area contributed by atoms with Crippen LogP contribution in [0.25, 0.3) is 0 Å². The first-order valence-corrected chi connectivity index (χ1v) is 12.5. The molecule has 3 unspecified atom stereocenters. The molecule has 0 amide bonds. The van der Waals surface area contributed by atoms with Crippen LogP contribution in [0.15, 0.2) is 15.8 Å². The third-order valence-electron chi connectivity index (χ3n) is 3.53. The number of alkyl halides is 1. The van der Waals surface area contributed by atoms with E-state index in [4.69, 9.17) is 31.0 Å². The SMILES string of the molecule is Cc1cn([C@H]2O[C@@H](COP(=O)(O)OP(=O)(O)OP(=O)(O)O)C(O)[C@H]2Cl)c(=O)[nH]c1=O. The number of aromatic nitrogens is 2. The highest BCUT2D eigenvalue weighted by Gasteiger charge is 2.46. The molecule has 6 atom stereocenters. The maximum Gasteiger partial charge on any atom is 0.490 e. The summed E-state index contributed by atoms with van der Waals surface area (Å²) < 4.78 is 51.2. The molecule has 16 nitrogen and oxygen atoms in total. The quantitative estimate of drug-likeness (QED) is 0.180. The third kappa shape index (κ3) is 6.65. The average molecular weight is 517 g/mol. The fourth-order valence-electron chi connectivity index (χ4n) is 2.31. The van der Waals surface area contributed by atoms with Crippen LogP contribution in [0.2, 0.25) is 0 Å². The summed E-state index contributed by atoms with van der Waals surface area (Å²) in [4.78, 5) is 60.8. The number of phosphoric ester groups is 1. The van der Waals surface area contributed by atoms with Crippen LogP contribution in [0.5, 0.6) is 0 Å². The van der Waals surface area contributed by atoms with Crippen molar-refractivity contribution in [2.24, 2.45) is 0 Å². The van der Waals surface area contributed by atoms with Crippen LogP contribution in [-0.4, -0.2) is 58.4 Å². The predicted molar refractivity (Wildman–Crippen MR) is 95.4 cm³/mol. The van der Waals surface area contributed by atoms with Crippen molar-refractivity contribution in [3.05, 3.63) is 32.6 Å². The fourth-order valence-corrected chi connectivity index (χ4v) is 5.68. The van der Waals surface area contributed by atoms with E-state index < -0.39 is 65.1 Å². The first-order valence-electron chi connectivity index (χ1n) is 7.59. The fraction of sp³-hybridized carbons (Fsp3) is 0.600. The Morgan fingerprint density at radius 1 is 1.17 bits per heavy atom. The lowest BCUT2D eigenvalue weighted by Gasteiger charge is -2.19. The summed E-state index contributed by atoms with van der Waals surface area (Å²) in [5.41, 5.74) is -1.46. The maximum absolute atomic E-state index is 11.9. The van der Waals surface area contributed by atoms with Crippen molar-refractivity contribution in [1.29, 1.82) is 0 Å². The maximum atomic E-state index is 11.9. The van der Waals surface area contributed by atoms with Gasteiger partial charge in [-0.2, -0.15) is 8.62 Å². The van der Waals surface area contributed by atoms with Crippen molar-refractivity contribution in [1.82, 2.24) is 9.55 Å². The van der Waals surface area contributed by atoms with Gasteiger partial charge in [0.1, 0.15) is 17.6 Å². The topological polar surface area (TPSA) is 244 Å². The number of nitrogens with one attached hydrogen (secondary N) is 1. The monoisotopic (exact) mass is 516 g/mol. The predicted octanol–water partition coefficient (Wildman–Crippen LogP) is -0.946. The molecule has 1 saturated heterocycles. The van der Waals surface area contributed by atoms with Crippen LogP contribution in [0.1, 0.15) is 11.8 Å². The van der Waals surface area contributed by atoms with Crippen LogP contribution in [0.3, 0.4) is 0 Å². The zero-order chi connectivity index (χ0) is 23.1. The number of halogens is 1. The Hall–Kier alpha value is -0.700. The molecular formula is C10H16ClN2O14P3. The zero-order valence-electron chi connectivity index (χ0n) is 14.7. The average Bonchev–Trinajstić information content (AvgIpc) is 2.81. The number of hydrogen-bond donors (Lipinski definition) is 6. The van der Waals surface area contributed by atoms with E-state index in [-0.39, 0.29) is 5.56 Å². The molecule has 0 spiro atoms. The van der Waals surface area contributed by atoms with Crippen molar-refractivity contribution in [2.75, 3.05) is 6.61 Å². The highest BCUT2D eigenvalue weighted by molar-refractivity contribution is 7.66. The number of H-pyrrole nitrogens is 1. The second-order valence-corrected chi connectivity index (χ2v) is 10.8. The van der Waals surface area contributed by atoms with E-state index in [9.17, 15) is 33.3 Å². The Morgan fingerprint density at radius 3 is 2.33 bits per heavy atom. The lowest BCUT2D eigenvalue weighted by molar-refractivity contribution is -0.0449. The van der Waals surface area contributed by atoms with E-state index in [1.807, 2.05) is 4.98 Å². The van der Waals surface area contributed by atoms with E-state index in [1.54, 1.807) is 0 Å². The molecule has 1 aromatic rings. The van der Waals surface area contributed by atoms with Gasteiger partial charge in [0.25, 0.3) is 5.56 Å². The summed E-state index contributed by atoms with van der Waals surface area (Å²) in [5.74, 6) is 0. The molecular weight excluding hydrogens is 500 g/mol. The van der Waals surface area contributed by atoms with E-state index in [0.717, 1.165) is 10.8 Å². The summed E-state index contributed by atoms with van der Waals surface area (Å²) in [5, 5.41) is 8.83. The van der Waals surface area contributed by atoms with Gasteiger partial charge in [0.15, 0.2) is 6.23 Å². The van der Waals surface area contributed by atoms with E-state index in [1.165, 1.54) is 6.92 Å². The summed E-state index contributed by atoms with van der Waals surface area (Å²) in [7, 11) is -16.7. The van der Waals surface area contributed by atoms with Crippen LogP contribution in [0, 0.1) is 6.92 Å². The highest BCUT2D eigenvalue weighted by atomic mass is 35.5. The number of phosphoric acid groups is 3. The lowest BCUT2D eigenvalue weighted by atomic mass is 10.2. The number of rotatable bonds is 8. The van der Waals surface area contributed by atoms with E-state index in [0.29, 0.717) is 0 Å². The second kappa shape index (κ2) is 9.04. The Balaban J connectivity index is 2.09. The minimum atomic E-state index is -5.71. The van der Waals surface area contributed by atoms with Crippen molar-refractivity contribution in [3.63, 3.8) is 0 Å². The molecule has 1 aromatic heterocycles. The van der Waals surface area contributed by atoms with E-state index >= 15 is 0 Å². The van der Waals surface area contributed by atoms with Gasteiger partial charge < -0.3 is 29.4 Å². The smallest absolute Gasteiger partial charge is 0.389 e. The number of aromatic amines is 1. The normalized spacial score (nSPS) is 28.8. The molecule has 0 radical (unpaired) electrons. The van der Waals surface area contributed by atoms with Gasteiger partial charge in [-0.15, -0.1) is 11.6 Å². The number of aliphatic hydroxyl groups is 1. The standard InChI is InChI=1S/C10H16ClN2O14P3/c1-4-2-13(10(16)12-8(4)15)9-6(11)7(14)5(25-9)3-24-29(20,21)27-30(22,23)26-28(17,18)19/h2,5-7,9,14H,3H2,1H3,(H,20,21)(H,22,23)(H,12,15,16)(H2,17,18,19)/t5-,6+,7?,9-/m0/s1. The van der Waals surface area contributed by atoms with Gasteiger partial charge in [0, 0.05) is 11.8 Å². The highest BCUT2D eigenvalue weighted by Crippen LogP contribution is 2.66. The van der Waals surface area contributed by atoms with Crippen molar-refractivity contribution in [3.8, 4) is 0 Å². The third-order valence-corrected chi connectivity index (χ3v) is 7.81. The first-order chi connectivity index (χ1) is 13.5. The molecule has 0 aromatic carbocycles. The van der Waals surface area contributed by atoms with Gasteiger partial charge in [-0.05, 0) is 6.92 Å². The number of ether oxygens (including phenoxy) is 1. The molecule has 1 aliphatic heterocycles. The van der Waals surface area contributed by atoms with Gasteiger partial charge in [-0.1, -0.05) is 0 Å². The van der Waals surface area contributed by atoms with Crippen LogP contribution >= 0.6 is 35.1 Å². The molecule has 2 heterocycles. The molecule has 1 fully saturated rings. The van der Waals surface area contributed by atoms with Gasteiger partial charge in [-0.3, -0.25) is 18.9 Å². The number of aryl methyl sites for hydroxylation is 1. The summed E-state index contributed by atoms with van der Waals surface area (Å²) in [6.45, 7) is 0.415. The number of hydrogen-bond acceptors (Lipinski definition) is 10. The molecule has 6 N–H and O–H groups in total. The minimum absolute atomic E-state index is 0.119. The Morgan fingerprint density at radius 2 is 1.77 bits per heavy atom. The van der Waals surface area contributed by atoms with Gasteiger partial charge in [0.05, 0.1) is 6.61 Å². The number of nitrogens with zero attached hydrogens (tertiary/aromatic N) is 1. The molecule has 0 aliphatic carbocycles. The van der Waals surface area contributed by atoms with Gasteiger partial charge in [-0.25, -0.2) is 18.5 Å². The summed E-state index contributed by atoms with van der Waals surface area (Å²) in [6.07, 6.45) is -3.26. The van der Waals surface area contributed by atoms with Crippen LogP contribution in [0.4, 0.5) is 0 Å². The molecule has 0 bridgehead atoms. The van der Waals surface area contributed by atoms with Crippen LogP contribution < -0.4 is 11.2 Å². The molecule has 0 saturated carbocycles. The first kappa shape index (κ1) is 25.6. The van der Waals surface area contributed by atoms with Crippen molar-refractivity contribution >= 4 is 35.1 Å². The van der Waals surface area contributed by atoms with Crippen molar-refractivity contribution < 1.29 is 56.3 Å². The van der Waals surface area contributed by atoms with Gasteiger partial charge in [0.2, 0.25) is 0 Å². The van der Waals surface area contributed by atoms with E-state index in [2.05, 4.69) is 13.1 Å².